The molecular formula is C75H50N2O2. The maximum Gasteiger partial charge on any atom is 0.143 e. The van der Waals surface area contributed by atoms with Gasteiger partial charge in [0.15, 0.2) is 0 Å². The second-order valence-electron chi connectivity index (χ2n) is 21.6. The van der Waals surface area contributed by atoms with Gasteiger partial charge in [-0.3, -0.25) is 0 Å². The van der Waals surface area contributed by atoms with Gasteiger partial charge in [0.1, 0.15) is 22.3 Å². The summed E-state index contributed by atoms with van der Waals surface area (Å²) in [4.78, 5) is 2.40. The van der Waals surface area contributed by atoms with Gasteiger partial charge in [-0.25, -0.2) is 0 Å². The molecule has 16 rings (SSSR count). The number of rotatable bonds is 8. The molecular weight excluding hydrogens is 961 g/mol. The maximum atomic E-state index is 6.53. The molecule has 0 N–H and O–H groups in total. The standard InChI is InChI=1S/C75H50N2O2/c1-75(2)65-43-36-50(44-64(65)58-41-35-51(45-66(58)75)56-22-15-27-69-73(56)63-21-7-11-26-68(63)77(69)52-16-4-3-5-17-52)55-18-6-10-25-67(55)76(53-37-30-47(31-38-53)49-34-42-61-59-19-8-12-28-70(59)78-72(61)46-49)54-39-32-48(33-40-54)57-23-14-24-62-60-20-9-13-29-71(60)79-74(57)62/h3-46H,1-2H3. The van der Waals surface area contributed by atoms with Crippen molar-refractivity contribution in [3.63, 3.8) is 0 Å². The fourth-order valence-electron chi connectivity index (χ4n) is 13.0. The third-order valence-electron chi connectivity index (χ3n) is 16.8. The average molecular weight is 1010 g/mol. The van der Waals surface area contributed by atoms with E-state index in [-0.39, 0.29) is 5.41 Å². The summed E-state index contributed by atoms with van der Waals surface area (Å²) in [5.41, 5.74) is 24.5. The molecule has 0 atom stereocenters. The van der Waals surface area contributed by atoms with Crippen molar-refractivity contribution < 1.29 is 8.83 Å². The molecule has 3 aromatic heterocycles. The van der Waals surface area contributed by atoms with E-state index in [4.69, 9.17) is 8.83 Å². The minimum absolute atomic E-state index is 0.220. The van der Waals surface area contributed by atoms with Gasteiger partial charge in [0.2, 0.25) is 0 Å². The summed E-state index contributed by atoms with van der Waals surface area (Å²) in [5.74, 6) is 0. The second kappa shape index (κ2) is 17.4. The molecule has 372 valence electrons. The van der Waals surface area contributed by atoms with Gasteiger partial charge in [-0.1, -0.05) is 190 Å². The number of hydrogen-bond acceptors (Lipinski definition) is 3. The van der Waals surface area contributed by atoms with E-state index in [1.807, 2.05) is 24.3 Å². The molecule has 4 nitrogen and oxygen atoms in total. The largest absolute Gasteiger partial charge is 0.456 e. The fourth-order valence-corrected chi connectivity index (χ4v) is 13.0. The van der Waals surface area contributed by atoms with E-state index in [1.54, 1.807) is 0 Å². The number of furan rings is 2. The maximum absolute atomic E-state index is 6.53. The Morgan fingerprint density at radius 2 is 0.899 bits per heavy atom. The molecule has 0 saturated heterocycles. The van der Waals surface area contributed by atoms with E-state index >= 15 is 0 Å². The number of nitrogens with zero attached hydrogens (tertiary/aromatic N) is 2. The topological polar surface area (TPSA) is 34.5 Å². The van der Waals surface area contributed by atoms with Crippen LogP contribution in [0.2, 0.25) is 0 Å². The molecule has 0 aliphatic heterocycles. The van der Waals surface area contributed by atoms with Crippen LogP contribution < -0.4 is 4.90 Å². The molecule has 79 heavy (non-hydrogen) atoms. The first-order valence-corrected chi connectivity index (χ1v) is 27.2. The van der Waals surface area contributed by atoms with Gasteiger partial charge in [0.25, 0.3) is 0 Å². The quantitative estimate of drug-likeness (QED) is 0.152. The normalized spacial score (nSPS) is 12.8. The first-order valence-electron chi connectivity index (χ1n) is 27.2. The zero-order chi connectivity index (χ0) is 52.3. The van der Waals surface area contributed by atoms with Gasteiger partial charge in [0, 0.05) is 65.9 Å². The summed E-state index contributed by atoms with van der Waals surface area (Å²) in [5, 5.41) is 7.03. The van der Waals surface area contributed by atoms with Crippen LogP contribution in [-0.2, 0) is 5.41 Å². The summed E-state index contributed by atoms with van der Waals surface area (Å²) in [6.45, 7) is 4.77. The first kappa shape index (κ1) is 45.1. The van der Waals surface area contributed by atoms with Crippen molar-refractivity contribution in [2.45, 2.75) is 19.3 Å². The molecule has 15 aromatic rings. The highest BCUT2D eigenvalue weighted by Crippen LogP contribution is 2.53. The predicted molar refractivity (Wildman–Crippen MR) is 329 cm³/mol. The number of benzene rings is 12. The Hall–Kier alpha value is -10.2. The van der Waals surface area contributed by atoms with Crippen LogP contribution in [0.1, 0.15) is 25.0 Å². The Balaban J connectivity index is 0.805. The van der Waals surface area contributed by atoms with E-state index in [0.29, 0.717) is 0 Å². The van der Waals surface area contributed by atoms with Crippen LogP contribution in [0.25, 0.3) is 127 Å². The van der Waals surface area contributed by atoms with Crippen molar-refractivity contribution in [1.29, 1.82) is 0 Å². The number of para-hydroxylation sites is 6. The number of aromatic nitrogens is 1. The highest BCUT2D eigenvalue weighted by atomic mass is 16.3. The van der Waals surface area contributed by atoms with E-state index in [2.05, 4.69) is 266 Å². The van der Waals surface area contributed by atoms with E-state index in [0.717, 1.165) is 100 Å². The Morgan fingerprint density at radius 1 is 0.329 bits per heavy atom. The summed E-state index contributed by atoms with van der Waals surface area (Å²) >= 11 is 0. The molecule has 0 spiro atoms. The summed E-state index contributed by atoms with van der Waals surface area (Å²) in [6.07, 6.45) is 0. The minimum atomic E-state index is -0.220. The molecule has 3 heterocycles. The number of anilines is 3. The summed E-state index contributed by atoms with van der Waals surface area (Å²) in [6, 6.07) is 96.9. The van der Waals surface area contributed by atoms with Crippen molar-refractivity contribution in [2.75, 3.05) is 4.90 Å². The highest BCUT2D eigenvalue weighted by molar-refractivity contribution is 6.16. The lowest BCUT2D eigenvalue weighted by atomic mass is 9.81. The van der Waals surface area contributed by atoms with E-state index in [9.17, 15) is 0 Å². The van der Waals surface area contributed by atoms with Crippen LogP contribution in [0.3, 0.4) is 0 Å². The smallest absolute Gasteiger partial charge is 0.143 e. The van der Waals surface area contributed by atoms with Gasteiger partial charge in [0.05, 0.1) is 16.7 Å². The Morgan fingerprint density at radius 3 is 1.71 bits per heavy atom. The third-order valence-corrected chi connectivity index (χ3v) is 16.8. The Labute approximate surface area is 457 Å². The lowest BCUT2D eigenvalue weighted by Gasteiger charge is -2.28. The second-order valence-corrected chi connectivity index (χ2v) is 21.6. The Kier molecular flexibility index (Phi) is 9.95. The van der Waals surface area contributed by atoms with Gasteiger partial charge < -0.3 is 18.3 Å². The van der Waals surface area contributed by atoms with Gasteiger partial charge in [-0.2, -0.15) is 0 Å². The molecule has 0 fully saturated rings. The van der Waals surface area contributed by atoms with Crippen molar-refractivity contribution in [3.8, 4) is 61.3 Å². The SMILES string of the molecule is CC1(C)c2ccc(-c3ccccc3N(c3ccc(-c4ccc5c(c4)oc4ccccc45)cc3)c3ccc(-c4cccc5c4oc4ccccc45)cc3)cc2-c2ccc(-c3cccc4c3c3ccccc3n4-c3ccccc3)cc21. The molecule has 1 aliphatic carbocycles. The van der Waals surface area contributed by atoms with Gasteiger partial charge in [-0.15, -0.1) is 0 Å². The van der Waals surface area contributed by atoms with Crippen molar-refractivity contribution in [1.82, 2.24) is 4.57 Å². The lowest BCUT2D eigenvalue weighted by molar-refractivity contribution is 0.660. The van der Waals surface area contributed by atoms with E-state index < -0.39 is 0 Å². The van der Waals surface area contributed by atoms with Gasteiger partial charge >= 0.3 is 0 Å². The highest BCUT2D eigenvalue weighted by Gasteiger charge is 2.36. The van der Waals surface area contributed by atoms with Crippen LogP contribution in [0.15, 0.2) is 276 Å². The van der Waals surface area contributed by atoms with Crippen LogP contribution in [0.5, 0.6) is 0 Å². The lowest BCUT2D eigenvalue weighted by Crippen LogP contribution is -2.15. The van der Waals surface area contributed by atoms with E-state index in [1.165, 1.54) is 55.2 Å². The molecule has 4 heteroatoms. The van der Waals surface area contributed by atoms with Crippen molar-refractivity contribution >= 4 is 82.7 Å². The fraction of sp³-hybridized carbons (Fsp3) is 0.0400. The predicted octanol–water partition coefficient (Wildman–Crippen LogP) is 21.0. The van der Waals surface area contributed by atoms with Crippen LogP contribution >= 0.6 is 0 Å². The zero-order valence-corrected chi connectivity index (χ0v) is 43.6. The monoisotopic (exact) mass is 1010 g/mol. The van der Waals surface area contributed by atoms with Gasteiger partial charge in [-0.05, 0) is 147 Å². The zero-order valence-electron chi connectivity index (χ0n) is 43.6. The molecule has 0 radical (unpaired) electrons. The van der Waals surface area contributed by atoms with Crippen molar-refractivity contribution in [3.05, 3.63) is 278 Å². The molecule has 1 aliphatic rings. The summed E-state index contributed by atoms with van der Waals surface area (Å²) < 4.78 is 15.3. The van der Waals surface area contributed by atoms with Crippen molar-refractivity contribution in [2.24, 2.45) is 0 Å². The average Bonchev–Trinajstić information content (AvgIpc) is 4.25. The molecule has 0 saturated carbocycles. The van der Waals surface area contributed by atoms with Crippen LogP contribution in [0.4, 0.5) is 17.1 Å². The van der Waals surface area contributed by atoms with Crippen LogP contribution in [0, 0.1) is 0 Å². The minimum Gasteiger partial charge on any atom is -0.456 e. The molecule has 0 unspecified atom stereocenters. The first-order chi connectivity index (χ1) is 38.9. The molecule has 0 amide bonds. The molecule has 12 aromatic carbocycles. The number of hydrogen-bond donors (Lipinski definition) is 0. The Bertz CT molecular complexity index is 4920. The molecule has 0 bridgehead atoms. The summed E-state index contributed by atoms with van der Waals surface area (Å²) in [7, 11) is 0. The third kappa shape index (κ3) is 7.01. The number of fused-ring (bicyclic) bond motifs is 12. The van der Waals surface area contributed by atoms with Crippen LogP contribution in [-0.4, -0.2) is 4.57 Å².